The van der Waals surface area contributed by atoms with E-state index in [1.807, 2.05) is 0 Å². The number of hydrogen-bond donors (Lipinski definition) is 1. The molecule has 134 valence electrons. The van der Waals surface area contributed by atoms with Crippen LogP contribution in [0.4, 0.5) is 0 Å². The molecule has 4 nitrogen and oxygen atoms in total. The number of ether oxygens (including phenoxy) is 1. The highest BCUT2D eigenvalue weighted by molar-refractivity contribution is 5.11. The number of rotatable bonds is 6. The number of β-amino-alcohol motifs (C(OH)–C–C–N with tert-alkyl or cyclic N) is 1. The molecule has 3 aliphatic rings. The summed E-state index contributed by atoms with van der Waals surface area (Å²) in [7, 11) is 0. The molecule has 1 N–H and O–H groups in total. The van der Waals surface area contributed by atoms with Gasteiger partial charge >= 0.3 is 0 Å². The van der Waals surface area contributed by atoms with Crippen molar-refractivity contribution in [2.75, 3.05) is 45.9 Å². The van der Waals surface area contributed by atoms with Crippen LogP contribution in [-0.4, -0.2) is 73.0 Å². The van der Waals surface area contributed by atoms with E-state index in [-0.39, 0.29) is 6.10 Å². The highest BCUT2D eigenvalue weighted by Gasteiger charge is 2.61. The molecule has 3 fully saturated rings. The van der Waals surface area contributed by atoms with E-state index in [9.17, 15) is 5.11 Å². The minimum absolute atomic E-state index is 0.296. The highest BCUT2D eigenvalue weighted by Crippen LogP contribution is 2.66. The molecular formula is C19H36N2O2. The van der Waals surface area contributed by atoms with E-state index >= 15 is 0 Å². The summed E-state index contributed by atoms with van der Waals surface area (Å²) in [5, 5.41) is 10.4. The van der Waals surface area contributed by atoms with E-state index in [1.165, 1.54) is 19.3 Å². The van der Waals surface area contributed by atoms with Gasteiger partial charge in [-0.2, -0.15) is 0 Å². The summed E-state index contributed by atoms with van der Waals surface area (Å²) in [6.07, 6.45) is 3.81. The van der Waals surface area contributed by atoms with Gasteiger partial charge < -0.3 is 14.7 Å². The number of piperazine rings is 1. The maximum Gasteiger partial charge on any atom is 0.0900 e. The fourth-order valence-electron chi connectivity index (χ4n) is 5.25. The summed E-state index contributed by atoms with van der Waals surface area (Å²) >= 11 is 0. The molecule has 4 unspecified atom stereocenters. The van der Waals surface area contributed by atoms with Crippen LogP contribution in [0.25, 0.3) is 0 Å². The largest absolute Gasteiger partial charge is 0.389 e. The zero-order valence-corrected chi connectivity index (χ0v) is 15.6. The van der Waals surface area contributed by atoms with Gasteiger partial charge in [-0.25, -0.2) is 0 Å². The maximum atomic E-state index is 10.4. The van der Waals surface area contributed by atoms with Crippen molar-refractivity contribution in [1.29, 1.82) is 0 Å². The van der Waals surface area contributed by atoms with Crippen LogP contribution in [0, 0.1) is 16.7 Å². The molecule has 1 heterocycles. The van der Waals surface area contributed by atoms with Gasteiger partial charge in [0.2, 0.25) is 0 Å². The first-order valence-electron chi connectivity index (χ1n) is 9.61. The fourth-order valence-corrected chi connectivity index (χ4v) is 5.25. The van der Waals surface area contributed by atoms with E-state index in [0.717, 1.165) is 45.2 Å². The van der Waals surface area contributed by atoms with Gasteiger partial charge in [-0.1, -0.05) is 27.7 Å². The van der Waals surface area contributed by atoms with Crippen molar-refractivity contribution < 1.29 is 9.84 Å². The van der Waals surface area contributed by atoms with Gasteiger partial charge in [-0.3, -0.25) is 4.90 Å². The van der Waals surface area contributed by atoms with Gasteiger partial charge in [-0.05, 0) is 42.6 Å². The fraction of sp³-hybridized carbons (Fsp3) is 1.00. The van der Waals surface area contributed by atoms with Crippen LogP contribution in [0.3, 0.4) is 0 Å². The molecule has 1 saturated heterocycles. The lowest BCUT2D eigenvalue weighted by Crippen LogP contribution is -2.49. The number of likely N-dealkylation sites (N-methyl/N-ethyl adjacent to an activating group) is 1. The molecule has 0 amide bonds. The second-order valence-electron chi connectivity index (χ2n) is 8.82. The van der Waals surface area contributed by atoms with Gasteiger partial charge in [0.1, 0.15) is 0 Å². The number of nitrogens with zero attached hydrogens (tertiary/aromatic N) is 2. The van der Waals surface area contributed by atoms with Crippen LogP contribution < -0.4 is 0 Å². The Labute approximate surface area is 142 Å². The lowest BCUT2D eigenvalue weighted by atomic mass is 9.70. The molecule has 2 saturated carbocycles. The molecule has 4 atom stereocenters. The molecule has 4 heteroatoms. The third-order valence-corrected chi connectivity index (χ3v) is 7.58. The first kappa shape index (κ1) is 17.7. The van der Waals surface area contributed by atoms with Crippen molar-refractivity contribution >= 4 is 0 Å². The van der Waals surface area contributed by atoms with Gasteiger partial charge in [-0.15, -0.1) is 0 Å². The summed E-state index contributed by atoms with van der Waals surface area (Å²) in [6, 6.07) is 0. The summed E-state index contributed by atoms with van der Waals surface area (Å²) in [4.78, 5) is 4.85. The van der Waals surface area contributed by atoms with Crippen molar-refractivity contribution in [2.24, 2.45) is 16.7 Å². The molecule has 2 bridgehead atoms. The van der Waals surface area contributed by atoms with Gasteiger partial charge in [0.15, 0.2) is 0 Å². The Morgan fingerprint density at radius 3 is 2.30 bits per heavy atom. The highest BCUT2D eigenvalue weighted by atomic mass is 16.5. The molecule has 0 radical (unpaired) electrons. The summed E-state index contributed by atoms with van der Waals surface area (Å²) in [5.41, 5.74) is 0.684. The first-order chi connectivity index (χ1) is 10.9. The van der Waals surface area contributed by atoms with Crippen LogP contribution in [0.15, 0.2) is 0 Å². The number of aliphatic hydroxyl groups is 1. The van der Waals surface area contributed by atoms with Gasteiger partial charge in [0.05, 0.1) is 18.8 Å². The molecule has 2 aliphatic carbocycles. The Morgan fingerprint density at radius 2 is 1.78 bits per heavy atom. The first-order valence-corrected chi connectivity index (χ1v) is 9.61. The average Bonchev–Trinajstić information content (AvgIpc) is 2.86. The molecule has 0 aromatic rings. The van der Waals surface area contributed by atoms with E-state index < -0.39 is 0 Å². The Bertz CT molecular complexity index is 406. The maximum absolute atomic E-state index is 10.4. The van der Waals surface area contributed by atoms with Crippen LogP contribution in [-0.2, 0) is 4.74 Å². The minimum atomic E-state index is -0.353. The van der Waals surface area contributed by atoms with Crippen molar-refractivity contribution in [2.45, 2.75) is 59.2 Å². The van der Waals surface area contributed by atoms with Crippen molar-refractivity contribution in [1.82, 2.24) is 9.80 Å². The lowest BCUT2D eigenvalue weighted by Gasteiger charge is -2.39. The number of aliphatic hydroxyl groups excluding tert-OH is 1. The molecule has 3 rings (SSSR count). The van der Waals surface area contributed by atoms with Crippen molar-refractivity contribution in [3.8, 4) is 0 Å². The third-order valence-electron chi connectivity index (χ3n) is 7.58. The van der Waals surface area contributed by atoms with Crippen molar-refractivity contribution in [3.63, 3.8) is 0 Å². The summed E-state index contributed by atoms with van der Waals surface area (Å²) in [5.74, 6) is 0.803. The topological polar surface area (TPSA) is 35.9 Å². The van der Waals surface area contributed by atoms with Crippen LogP contribution in [0.5, 0.6) is 0 Å². The predicted octanol–water partition coefficient (Wildman–Crippen LogP) is 2.22. The Balaban J connectivity index is 1.43. The van der Waals surface area contributed by atoms with E-state index in [0.29, 0.717) is 23.5 Å². The predicted molar refractivity (Wildman–Crippen MR) is 93.5 cm³/mol. The standard InChI is InChI=1S/C19H36N2O2/c1-5-20-8-10-21(11-9-20)13-16(22)14-23-17-12-15-6-7-19(17,4)18(15,2)3/h15-17,22H,5-14H2,1-4H3. The molecule has 0 aromatic carbocycles. The Kier molecular flexibility index (Phi) is 5.09. The van der Waals surface area contributed by atoms with Crippen LogP contribution in [0.2, 0.25) is 0 Å². The second-order valence-corrected chi connectivity index (χ2v) is 8.82. The average molecular weight is 325 g/mol. The van der Waals surface area contributed by atoms with Crippen molar-refractivity contribution in [3.05, 3.63) is 0 Å². The minimum Gasteiger partial charge on any atom is -0.389 e. The normalized spacial score (nSPS) is 39.0. The quantitative estimate of drug-likeness (QED) is 0.813. The molecule has 0 spiro atoms. The van der Waals surface area contributed by atoms with Crippen LogP contribution >= 0.6 is 0 Å². The second kappa shape index (κ2) is 6.62. The third kappa shape index (κ3) is 3.20. The molecule has 1 aliphatic heterocycles. The lowest BCUT2D eigenvalue weighted by molar-refractivity contribution is -0.0806. The van der Waals surface area contributed by atoms with Gasteiger partial charge in [0.25, 0.3) is 0 Å². The number of fused-ring (bicyclic) bond motifs is 2. The van der Waals surface area contributed by atoms with Crippen LogP contribution in [0.1, 0.15) is 47.0 Å². The molecule has 23 heavy (non-hydrogen) atoms. The summed E-state index contributed by atoms with van der Waals surface area (Å²) < 4.78 is 6.23. The smallest absolute Gasteiger partial charge is 0.0900 e. The Hall–Kier alpha value is -0.160. The zero-order chi connectivity index (χ0) is 16.7. The molecule has 0 aromatic heterocycles. The Morgan fingerprint density at radius 1 is 1.13 bits per heavy atom. The monoisotopic (exact) mass is 324 g/mol. The summed E-state index contributed by atoms with van der Waals surface area (Å²) in [6.45, 7) is 16.2. The number of hydrogen-bond acceptors (Lipinski definition) is 4. The van der Waals surface area contributed by atoms with E-state index in [1.54, 1.807) is 0 Å². The zero-order valence-electron chi connectivity index (χ0n) is 15.6. The SMILES string of the molecule is CCN1CCN(CC(O)COC2CC3CCC2(C)C3(C)C)CC1. The van der Waals surface area contributed by atoms with E-state index in [4.69, 9.17) is 4.74 Å². The molecular weight excluding hydrogens is 288 g/mol. The van der Waals surface area contributed by atoms with Gasteiger partial charge in [0, 0.05) is 32.7 Å². The van der Waals surface area contributed by atoms with E-state index in [2.05, 4.69) is 37.5 Å².